The van der Waals surface area contributed by atoms with Gasteiger partial charge in [-0.25, -0.2) is 0 Å². The van der Waals surface area contributed by atoms with E-state index in [1.807, 2.05) is 78.9 Å². The first-order valence-electron chi connectivity index (χ1n) is 9.87. The SMILES string of the molecule is N#C/C(=C/NC(c1ccccc1)c1ccccc1)C(=O)NCc1ccc2c(c1)OCO2. The molecule has 31 heavy (non-hydrogen) atoms. The summed E-state index contributed by atoms with van der Waals surface area (Å²) in [6, 6.07) is 27.0. The van der Waals surface area contributed by atoms with Crippen LogP contribution < -0.4 is 20.1 Å². The molecule has 6 nitrogen and oxygen atoms in total. The Kier molecular flexibility index (Phi) is 6.15. The third-order valence-electron chi connectivity index (χ3n) is 4.92. The average molecular weight is 411 g/mol. The fourth-order valence-corrected chi connectivity index (χ4v) is 3.32. The van der Waals surface area contributed by atoms with Crippen LogP contribution in [0.3, 0.4) is 0 Å². The maximum absolute atomic E-state index is 12.6. The third-order valence-corrected chi connectivity index (χ3v) is 4.92. The zero-order valence-corrected chi connectivity index (χ0v) is 16.7. The first kappa shape index (κ1) is 20.0. The maximum Gasteiger partial charge on any atom is 0.263 e. The molecule has 1 aliphatic rings. The van der Waals surface area contributed by atoms with Crippen LogP contribution in [0.4, 0.5) is 0 Å². The molecule has 0 radical (unpaired) electrons. The predicted molar refractivity (Wildman–Crippen MR) is 116 cm³/mol. The summed E-state index contributed by atoms with van der Waals surface area (Å²) in [5, 5.41) is 15.5. The summed E-state index contributed by atoms with van der Waals surface area (Å²) in [6.45, 7) is 0.470. The summed E-state index contributed by atoms with van der Waals surface area (Å²) in [5.41, 5.74) is 2.91. The van der Waals surface area contributed by atoms with Gasteiger partial charge in [-0.15, -0.1) is 0 Å². The van der Waals surface area contributed by atoms with Gasteiger partial charge >= 0.3 is 0 Å². The van der Waals surface area contributed by atoms with E-state index in [9.17, 15) is 10.1 Å². The van der Waals surface area contributed by atoms with Crippen LogP contribution in [0.25, 0.3) is 0 Å². The minimum absolute atomic E-state index is 0.00222. The Morgan fingerprint density at radius 2 is 1.61 bits per heavy atom. The fraction of sp³-hybridized carbons (Fsp3) is 0.120. The molecule has 0 saturated heterocycles. The minimum Gasteiger partial charge on any atom is -0.454 e. The number of amides is 1. The zero-order valence-electron chi connectivity index (χ0n) is 16.7. The number of nitrogens with one attached hydrogen (secondary N) is 2. The van der Waals surface area contributed by atoms with Crippen LogP contribution in [0.15, 0.2) is 90.6 Å². The van der Waals surface area contributed by atoms with Gasteiger partial charge < -0.3 is 20.1 Å². The lowest BCUT2D eigenvalue weighted by Crippen LogP contribution is -2.26. The van der Waals surface area contributed by atoms with Gasteiger partial charge in [-0.3, -0.25) is 4.79 Å². The molecule has 6 heteroatoms. The van der Waals surface area contributed by atoms with Crippen molar-refractivity contribution in [1.29, 1.82) is 5.26 Å². The van der Waals surface area contributed by atoms with Gasteiger partial charge in [0.15, 0.2) is 11.5 Å². The number of rotatable bonds is 7. The highest BCUT2D eigenvalue weighted by atomic mass is 16.7. The van der Waals surface area contributed by atoms with Crippen LogP contribution in [0.2, 0.25) is 0 Å². The van der Waals surface area contributed by atoms with Crippen molar-refractivity contribution in [2.45, 2.75) is 12.6 Å². The normalized spacial score (nSPS) is 12.3. The molecule has 154 valence electrons. The molecule has 0 spiro atoms. The number of benzene rings is 3. The van der Waals surface area contributed by atoms with E-state index >= 15 is 0 Å². The zero-order chi connectivity index (χ0) is 21.5. The van der Waals surface area contributed by atoms with Crippen molar-refractivity contribution >= 4 is 5.91 Å². The van der Waals surface area contributed by atoms with E-state index in [-0.39, 0.29) is 25.0 Å². The Bertz CT molecular complexity index is 1080. The van der Waals surface area contributed by atoms with Crippen molar-refractivity contribution in [2.24, 2.45) is 0 Å². The van der Waals surface area contributed by atoms with Gasteiger partial charge in [0.1, 0.15) is 11.6 Å². The summed E-state index contributed by atoms with van der Waals surface area (Å²) in [5.74, 6) is 0.885. The number of hydrogen-bond acceptors (Lipinski definition) is 5. The summed E-state index contributed by atoms with van der Waals surface area (Å²) in [7, 11) is 0. The van der Waals surface area contributed by atoms with Crippen molar-refractivity contribution in [2.75, 3.05) is 6.79 Å². The van der Waals surface area contributed by atoms with E-state index in [1.54, 1.807) is 6.07 Å². The van der Waals surface area contributed by atoms with Gasteiger partial charge in [0.25, 0.3) is 5.91 Å². The number of carbonyl (C=O) groups is 1. The van der Waals surface area contributed by atoms with E-state index in [4.69, 9.17) is 9.47 Å². The number of fused-ring (bicyclic) bond motifs is 1. The molecule has 1 amide bonds. The molecule has 0 saturated carbocycles. The molecule has 0 unspecified atom stereocenters. The molecule has 3 aromatic rings. The Morgan fingerprint density at radius 3 is 2.26 bits per heavy atom. The van der Waals surface area contributed by atoms with E-state index in [0.717, 1.165) is 16.7 Å². The molecule has 0 atom stereocenters. The Balaban J connectivity index is 1.46. The highest BCUT2D eigenvalue weighted by molar-refractivity contribution is 5.97. The van der Waals surface area contributed by atoms with Gasteiger partial charge in [-0.1, -0.05) is 66.7 Å². The van der Waals surface area contributed by atoms with Crippen LogP contribution in [0, 0.1) is 11.3 Å². The summed E-state index contributed by atoms with van der Waals surface area (Å²) in [6.07, 6.45) is 1.47. The number of ether oxygens (including phenoxy) is 2. The first-order valence-corrected chi connectivity index (χ1v) is 9.87. The van der Waals surface area contributed by atoms with Crippen LogP contribution >= 0.6 is 0 Å². The Morgan fingerprint density at radius 1 is 0.968 bits per heavy atom. The topological polar surface area (TPSA) is 83.4 Å². The number of carbonyl (C=O) groups excluding carboxylic acids is 1. The monoisotopic (exact) mass is 411 g/mol. The molecule has 3 aromatic carbocycles. The van der Waals surface area contributed by atoms with E-state index in [1.165, 1.54) is 6.20 Å². The highest BCUT2D eigenvalue weighted by Gasteiger charge is 2.16. The Hall–Kier alpha value is -4.24. The van der Waals surface area contributed by atoms with Crippen molar-refractivity contribution in [3.8, 4) is 17.6 Å². The summed E-state index contributed by atoms with van der Waals surface area (Å²) in [4.78, 5) is 12.6. The number of hydrogen-bond donors (Lipinski definition) is 2. The second-order valence-electron chi connectivity index (χ2n) is 6.96. The number of nitriles is 1. The maximum atomic E-state index is 12.6. The second-order valence-corrected chi connectivity index (χ2v) is 6.96. The highest BCUT2D eigenvalue weighted by Crippen LogP contribution is 2.32. The largest absolute Gasteiger partial charge is 0.454 e. The smallest absolute Gasteiger partial charge is 0.263 e. The Labute approximate surface area is 180 Å². The van der Waals surface area contributed by atoms with Gasteiger partial charge in [-0.05, 0) is 28.8 Å². The molecule has 4 rings (SSSR count). The van der Waals surface area contributed by atoms with Gasteiger partial charge in [0, 0.05) is 12.7 Å². The van der Waals surface area contributed by atoms with Crippen molar-refractivity contribution in [3.05, 3.63) is 107 Å². The van der Waals surface area contributed by atoms with Crippen molar-refractivity contribution < 1.29 is 14.3 Å². The average Bonchev–Trinajstić information content (AvgIpc) is 3.29. The summed E-state index contributed by atoms with van der Waals surface area (Å²) >= 11 is 0. The first-order chi connectivity index (χ1) is 15.2. The van der Waals surface area contributed by atoms with Crippen LogP contribution in [0.5, 0.6) is 11.5 Å². The summed E-state index contributed by atoms with van der Waals surface area (Å²) < 4.78 is 10.6. The quantitative estimate of drug-likeness (QED) is 0.456. The standard InChI is InChI=1S/C25H21N3O3/c26-14-21(25(29)28-15-18-11-12-22-23(13-18)31-17-30-22)16-27-24(19-7-3-1-4-8-19)20-9-5-2-6-10-20/h1-13,16,24,27H,15,17H2,(H,28,29)/b21-16-. The lowest BCUT2D eigenvalue weighted by molar-refractivity contribution is -0.117. The molecule has 0 fully saturated rings. The molecule has 0 aliphatic carbocycles. The molecule has 1 aliphatic heterocycles. The van der Waals surface area contributed by atoms with Crippen LogP contribution in [-0.2, 0) is 11.3 Å². The number of nitrogens with zero attached hydrogens (tertiary/aromatic N) is 1. The molecule has 0 bridgehead atoms. The fourth-order valence-electron chi connectivity index (χ4n) is 3.32. The van der Waals surface area contributed by atoms with Gasteiger partial charge in [-0.2, -0.15) is 5.26 Å². The molecule has 2 N–H and O–H groups in total. The van der Waals surface area contributed by atoms with Crippen molar-refractivity contribution in [3.63, 3.8) is 0 Å². The van der Waals surface area contributed by atoms with E-state index in [2.05, 4.69) is 10.6 Å². The second kappa shape index (κ2) is 9.51. The van der Waals surface area contributed by atoms with Crippen LogP contribution in [-0.4, -0.2) is 12.7 Å². The van der Waals surface area contributed by atoms with E-state index < -0.39 is 5.91 Å². The lowest BCUT2D eigenvalue weighted by Gasteiger charge is -2.19. The van der Waals surface area contributed by atoms with E-state index in [0.29, 0.717) is 11.5 Å². The molecular formula is C25H21N3O3. The predicted octanol–water partition coefficient (Wildman–Crippen LogP) is 3.82. The third kappa shape index (κ3) is 4.85. The molecular weight excluding hydrogens is 390 g/mol. The lowest BCUT2D eigenvalue weighted by atomic mass is 9.99. The minimum atomic E-state index is -0.451. The molecule has 0 aromatic heterocycles. The van der Waals surface area contributed by atoms with Crippen molar-refractivity contribution in [1.82, 2.24) is 10.6 Å². The van der Waals surface area contributed by atoms with Crippen LogP contribution in [0.1, 0.15) is 22.7 Å². The molecule has 1 heterocycles. The van der Waals surface area contributed by atoms with Gasteiger partial charge in [0.2, 0.25) is 6.79 Å². The van der Waals surface area contributed by atoms with Gasteiger partial charge in [0.05, 0.1) is 6.04 Å².